The van der Waals surface area contributed by atoms with Gasteiger partial charge in [-0.2, -0.15) is 0 Å². The first-order valence-corrected chi connectivity index (χ1v) is 5.44. The van der Waals surface area contributed by atoms with Crippen LogP contribution in [0.2, 0.25) is 0 Å². The molecule has 0 saturated heterocycles. The van der Waals surface area contributed by atoms with Crippen LogP contribution in [0.1, 0.15) is 5.82 Å². The number of hydrogen-bond donors (Lipinski definition) is 0. The second kappa shape index (κ2) is 4.78. The van der Waals surface area contributed by atoms with Crippen molar-refractivity contribution in [3.8, 4) is 0 Å². The standard InChI is InChI=1S/C14H15N3/c1-4-7-11(10-15-2)14-16-12-8-5-6-9-13(12)17(14)3/h4-10H,1H2,2-3H3/b11-7+,15-10?. The maximum absolute atomic E-state index is 4.61. The molecule has 17 heavy (non-hydrogen) atoms. The normalized spacial score (nSPS) is 12.5. The molecule has 1 heterocycles. The first-order valence-electron chi connectivity index (χ1n) is 5.44. The number of aromatic nitrogens is 2. The maximum atomic E-state index is 4.61. The Morgan fingerprint density at radius 1 is 1.41 bits per heavy atom. The van der Waals surface area contributed by atoms with Crippen LogP contribution in [0.5, 0.6) is 0 Å². The summed E-state index contributed by atoms with van der Waals surface area (Å²) in [5.41, 5.74) is 3.06. The fourth-order valence-corrected chi connectivity index (χ4v) is 1.85. The highest BCUT2D eigenvalue weighted by Crippen LogP contribution is 2.19. The number of para-hydroxylation sites is 2. The summed E-state index contributed by atoms with van der Waals surface area (Å²) in [4.78, 5) is 8.65. The van der Waals surface area contributed by atoms with Crippen molar-refractivity contribution in [2.45, 2.75) is 0 Å². The average Bonchev–Trinajstić information content (AvgIpc) is 2.67. The highest BCUT2D eigenvalue weighted by Gasteiger charge is 2.09. The summed E-state index contributed by atoms with van der Waals surface area (Å²) < 4.78 is 2.06. The van der Waals surface area contributed by atoms with Crippen LogP contribution >= 0.6 is 0 Å². The van der Waals surface area contributed by atoms with Crippen LogP contribution in [0.4, 0.5) is 0 Å². The second-order valence-corrected chi connectivity index (χ2v) is 3.73. The van der Waals surface area contributed by atoms with Gasteiger partial charge in [-0.3, -0.25) is 4.99 Å². The van der Waals surface area contributed by atoms with Crippen molar-refractivity contribution >= 4 is 22.8 Å². The second-order valence-electron chi connectivity index (χ2n) is 3.73. The Balaban J connectivity index is 2.65. The van der Waals surface area contributed by atoms with Crippen molar-refractivity contribution in [2.24, 2.45) is 12.0 Å². The number of nitrogens with zero attached hydrogens (tertiary/aromatic N) is 3. The molecule has 0 radical (unpaired) electrons. The molecule has 1 aromatic carbocycles. The smallest absolute Gasteiger partial charge is 0.142 e. The molecule has 86 valence electrons. The fourth-order valence-electron chi connectivity index (χ4n) is 1.85. The van der Waals surface area contributed by atoms with Crippen molar-refractivity contribution in [3.63, 3.8) is 0 Å². The van der Waals surface area contributed by atoms with Gasteiger partial charge >= 0.3 is 0 Å². The summed E-state index contributed by atoms with van der Waals surface area (Å²) in [6, 6.07) is 8.07. The van der Waals surface area contributed by atoms with E-state index in [9.17, 15) is 0 Å². The third-order valence-corrected chi connectivity index (χ3v) is 2.61. The molecule has 0 amide bonds. The Labute approximate surface area is 101 Å². The molecule has 0 bridgehead atoms. The number of imidazole rings is 1. The predicted molar refractivity (Wildman–Crippen MR) is 73.3 cm³/mol. The topological polar surface area (TPSA) is 30.2 Å². The molecule has 2 aromatic rings. The molecule has 0 unspecified atom stereocenters. The van der Waals surface area contributed by atoms with Crippen LogP contribution < -0.4 is 0 Å². The molecule has 0 saturated carbocycles. The average molecular weight is 225 g/mol. The van der Waals surface area contributed by atoms with Crippen LogP contribution in [0.15, 0.2) is 48.0 Å². The van der Waals surface area contributed by atoms with E-state index in [1.165, 1.54) is 0 Å². The molecular formula is C14H15N3. The van der Waals surface area contributed by atoms with Gasteiger partial charge in [-0.15, -0.1) is 0 Å². The predicted octanol–water partition coefficient (Wildman–Crippen LogP) is 2.84. The molecule has 0 fully saturated rings. The van der Waals surface area contributed by atoms with Crippen molar-refractivity contribution in [1.29, 1.82) is 0 Å². The van der Waals surface area contributed by atoms with Gasteiger partial charge in [-0.05, 0) is 12.1 Å². The van der Waals surface area contributed by atoms with E-state index in [1.54, 1.807) is 19.3 Å². The molecule has 0 aliphatic rings. The molecule has 3 heteroatoms. The van der Waals surface area contributed by atoms with E-state index in [0.29, 0.717) is 0 Å². The summed E-state index contributed by atoms with van der Waals surface area (Å²) in [6.07, 6.45) is 5.45. The number of aliphatic imine (C=N–C) groups is 1. The number of rotatable bonds is 3. The van der Waals surface area contributed by atoms with Gasteiger partial charge in [-0.1, -0.05) is 30.9 Å². The molecule has 0 atom stereocenters. The molecule has 0 aliphatic carbocycles. The first kappa shape index (κ1) is 11.3. The van der Waals surface area contributed by atoms with Crippen LogP contribution in [-0.4, -0.2) is 22.8 Å². The van der Waals surface area contributed by atoms with Gasteiger partial charge in [0.25, 0.3) is 0 Å². The Bertz CT molecular complexity index is 603. The molecule has 3 nitrogen and oxygen atoms in total. The summed E-state index contributed by atoms with van der Waals surface area (Å²) >= 11 is 0. The molecular weight excluding hydrogens is 210 g/mol. The Morgan fingerprint density at radius 3 is 2.82 bits per heavy atom. The minimum absolute atomic E-state index is 0.900. The Hall–Kier alpha value is -2.16. The van der Waals surface area contributed by atoms with Crippen LogP contribution in [0.3, 0.4) is 0 Å². The summed E-state index contributed by atoms with van der Waals surface area (Å²) in [7, 11) is 3.75. The van der Waals surface area contributed by atoms with Crippen LogP contribution in [0.25, 0.3) is 16.6 Å². The van der Waals surface area contributed by atoms with E-state index in [-0.39, 0.29) is 0 Å². The number of allylic oxidation sites excluding steroid dienone is 3. The number of fused-ring (bicyclic) bond motifs is 1. The van der Waals surface area contributed by atoms with Gasteiger partial charge in [0.15, 0.2) is 0 Å². The monoisotopic (exact) mass is 225 g/mol. The zero-order chi connectivity index (χ0) is 12.3. The number of aryl methyl sites for hydroxylation is 1. The molecule has 1 aromatic heterocycles. The molecule has 2 rings (SSSR count). The zero-order valence-electron chi connectivity index (χ0n) is 10.1. The lowest BCUT2D eigenvalue weighted by molar-refractivity contribution is 0.926. The van der Waals surface area contributed by atoms with Gasteiger partial charge in [-0.25, -0.2) is 4.98 Å². The van der Waals surface area contributed by atoms with E-state index < -0.39 is 0 Å². The molecule has 0 N–H and O–H groups in total. The van der Waals surface area contributed by atoms with E-state index >= 15 is 0 Å². The molecule has 0 aliphatic heterocycles. The van der Waals surface area contributed by atoms with Crippen molar-refractivity contribution in [3.05, 3.63) is 48.8 Å². The number of hydrogen-bond acceptors (Lipinski definition) is 2. The Kier molecular flexibility index (Phi) is 3.19. The maximum Gasteiger partial charge on any atom is 0.142 e. The minimum atomic E-state index is 0.900. The van der Waals surface area contributed by atoms with Crippen LogP contribution in [0, 0.1) is 0 Å². The Morgan fingerprint density at radius 2 is 2.18 bits per heavy atom. The molecule has 0 spiro atoms. The number of benzene rings is 1. The van der Waals surface area contributed by atoms with Gasteiger partial charge < -0.3 is 4.57 Å². The first-order chi connectivity index (χ1) is 8.27. The highest BCUT2D eigenvalue weighted by atomic mass is 15.1. The third kappa shape index (κ3) is 2.04. The van der Waals surface area contributed by atoms with E-state index in [1.807, 2.05) is 31.3 Å². The van der Waals surface area contributed by atoms with Crippen LogP contribution in [-0.2, 0) is 7.05 Å². The van der Waals surface area contributed by atoms with Gasteiger partial charge in [0.1, 0.15) is 5.82 Å². The van der Waals surface area contributed by atoms with Gasteiger partial charge in [0.2, 0.25) is 0 Å². The van der Waals surface area contributed by atoms with Crippen molar-refractivity contribution in [1.82, 2.24) is 9.55 Å². The lowest BCUT2D eigenvalue weighted by atomic mass is 10.2. The zero-order valence-corrected chi connectivity index (χ0v) is 10.1. The minimum Gasteiger partial charge on any atom is -0.327 e. The summed E-state index contributed by atoms with van der Waals surface area (Å²) in [6.45, 7) is 3.72. The van der Waals surface area contributed by atoms with Crippen molar-refractivity contribution < 1.29 is 0 Å². The fraction of sp³-hybridized carbons (Fsp3) is 0.143. The van der Waals surface area contributed by atoms with Gasteiger partial charge in [0.05, 0.1) is 11.0 Å². The third-order valence-electron chi connectivity index (χ3n) is 2.61. The summed E-state index contributed by atoms with van der Waals surface area (Å²) in [5, 5.41) is 0. The van der Waals surface area contributed by atoms with E-state index in [0.717, 1.165) is 22.4 Å². The quantitative estimate of drug-likeness (QED) is 0.583. The lowest BCUT2D eigenvalue weighted by Gasteiger charge is -2.01. The van der Waals surface area contributed by atoms with Gasteiger partial charge in [0, 0.05) is 25.9 Å². The van der Waals surface area contributed by atoms with Crippen molar-refractivity contribution in [2.75, 3.05) is 7.05 Å². The highest BCUT2D eigenvalue weighted by molar-refractivity contribution is 6.09. The summed E-state index contributed by atoms with van der Waals surface area (Å²) in [5.74, 6) is 0.900. The van der Waals surface area contributed by atoms with E-state index in [4.69, 9.17) is 0 Å². The SMILES string of the molecule is C=C/C=C(\C=NC)c1nc2ccccc2n1C. The lowest BCUT2D eigenvalue weighted by Crippen LogP contribution is -1.98. The van der Waals surface area contributed by atoms with E-state index in [2.05, 4.69) is 27.2 Å². The largest absolute Gasteiger partial charge is 0.327 e.